The maximum Gasteiger partial charge on any atom is 0.204 e. The van der Waals surface area contributed by atoms with E-state index in [1.807, 2.05) is 48.9 Å². The maximum absolute atomic E-state index is 14.0. The van der Waals surface area contributed by atoms with E-state index in [-0.39, 0.29) is 18.0 Å². The standard InChI is InChI=1S/C21H25FN4O/c1-14(23-21-24-18-5-3-4-6-20(18)25(21)2)17-13-15(22)7-8-19(17)26-11-9-16(27)10-12-26/h3-8,13-14,16,27H,9-12H2,1-2H3,(H,23,24). The number of piperidine rings is 1. The Bertz CT molecular complexity index is 947. The van der Waals surface area contributed by atoms with Gasteiger partial charge in [0.2, 0.25) is 5.95 Å². The molecule has 0 saturated carbocycles. The number of nitrogens with zero attached hydrogens (tertiary/aromatic N) is 3. The van der Waals surface area contributed by atoms with Gasteiger partial charge in [0.25, 0.3) is 0 Å². The maximum atomic E-state index is 14.0. The van der Waals surface area contributed by atoms with E-state index in [4.69, 9.17) is 0 Å². The lowest BCUT2D eigenvalue weighted by Crippen LogP contribution is -2.36. The monoisotopic (exact) mass is 368 g/mol. The van der Waals surface area contributed by atoms with Gasteiger partial charge in [-0.2, -0.15) is 0 Å². The summed E-state index contributed by atoms with van der Waals surface area (Å²) in [5.74, 6) is 0.512. The van der Waals surface area contributed by atoms with Crippen LogP contribution in [0.1, 0.15) is 31.4 Å². The molecule has 1 atom stereocenters. The predicted molar refractivity (Wildman–Crippen MR) is 107 cm³/mol. The Hall–Kier alpha value is -2.60. The Morgan fingerprint density at radius 2 is 1.93 bits per heavy atom. The number of aromatic nitrogens is 2. The number of imidazole rings is 1. The first-order valence-corrected chi connectivity index (χ1v) is 9.43. The number of aliphatic hydroxyl groups is 1. The lowest BCUT2D eigenvalue weighted by Gasteiger charge is -2.34. The van der Waals surface area contributed by atoms with E-state index in [2.05, 4.69) is 15.2 Å². The van der Waals surface area contributed by atoms with Crippen LogP contribution in [0.25, 0.3) is 11.0 Å². The van der Waals surface area contributed by atoms with Gasteiger partial charge in [-0.3, -0.25) is 0 Å². The highest BCUT2D eigenvalue weighted by Crippen LogP contribution is 2.32. The number of rotatable bonds is 4. The molecule has 1 unspecified atom stereocenters. The number of aliphatic hydroxyl groups excluding tert-OH is 1. The average molecular weight is 368 g/mol. The molecule has 0 amide bonds. The van der Waals surface area contributed by atoms with Crippen molar-refractivity contribution in [3.63, 3.8) is 0 Å². The van der Waals surface area contributed by atoms with Gasteiger partial charge in [-0.05, 0) is 50.1 Å². The highest BCUT2D eigenvalue weighted by Gasteiger charge is 2.22. The number of benzene rings is 2. The average Bonchev–Trinajstić information content (AvgIpc) is 2.98. The van der Waals surface area contributed by atoms with Crippen molar-refractivity contribution in [3.05, 3.63) is 53.8 Å². The Labute approximate surface area is 158 Å². The topological polar surface area (TPSA) is 53.3 Å². The number of aryl methyl sites for hydroxylation is 1. The zero-order valence-electron chi connectivity index (χ0n) is 15.7. The molecule has 1 aromatic heterocycles. The summed E-state index contributed by atoms with van der Waals surface area (Å²) < 4.78 is 16.0. The molecule has 5 nitrogen and oxygen atoms in total. The van der Waals surface area contributed by atoms with Crippen molar-refractivity contribution in [1.29, 1.82) is 0 Å². The van der Waals surface area contributed by atoms with Crippen molar-refractivity contribution in [2.24, 2.45) is 7.05 Å². The molecule has 2 N–H and O–H groups in total. The highest BCUT2D eigenvalue weighted by molar-refractivity contribution is 5.78. The normalized spacial score (nSPS) is 16.7. The Balaban J connectivity index is 1.63. The van der Waals surface area contributed by atoms with Crippen molar-refractivity contribution in [1.82, 2.24) is 9.55 Å². The van der Waals surface area contributed by atoms with Crippen LogP contribution in [0, 0.1) is 5.82 Å². The van der Waals surface area contributed by atoms with Gasteiger partial charge in [0.1, 0.15) is 5.82 Å². The Kier molecular flexibility index (Phi) is 4.74. The molecule has 1 aliphatic heterocycles. The van der Waals surface area contributed by atoms with Crippen LogP contribution in [0.4, 0.5) is 16.0 Å². The van der Waals surface area contributed by atoms with E-state index in [9.17, 15) is 9.50 Å². The van der Waals surface area contributed by atoms with Crippen LogP contribution in [0.5, 0.6) is 0 Å². The summed E-state index contributed by atoms with van der Waals surface area (Å²) in [4.78, 5) is 6.89. The van der Waals surface area contributed by atoms with E-state index < -0.39 is 0 Å². The third-order valence-corrected chi connectivity index (χ3v) is 5.39. The van der Waals surface area contributed by atoms with Gasteiger partial charge < -0.3 is 19.9 Å². The molecule has 1 aliphatic rings. The van der Waals surface area contributed by atoms with Crippen LogP contribution in [-0.4, -0.2) is 33.9 Å². The lowest BCUT2D eigenvalue weighted by molar-refractivity contribution is 0.145. The molecule has 0 spiro atoms. The molecule has 0 bridgehead atoms. The number of hydrogen-bond donors (Lipinski definition) is 2. The third-order valence-electron chi connectivity index (χ3n) is 5.39. The zero-order valence-corrected chi connectivity index (χ0v) is 15.7. The molecule has 6 heteroatoms. The van der Waals surface area contributed by atoms with E-state index in [0.29, 0.717) is 0 Å². The molecular weight excluding hydrogens is 343 g/mol. The van der Waals surface area contributed by atoms with Gasteiger partial charge in [0, 0.05) is 31.4 Å². The SMILES string of the molecule is CC(Nc1nc2ccccc2n1C)c1cc(F)ccc1N1CCC(O)CC1. The van der Waals surface area contributed by atoms with Crippen molar-refractivity contribution in [2.45, 2.75) is 31.9 Å². The van der Waals surface area contributed by atoms with Crippen LogP contribution in [-0.2, 0) is 7.05 Å². The zero-order chi connectivity index (χ0) is 19.0. The molecule has 2 heterocycles. The molecule has 4 rings (SSSR count). The van der Waals surface area contributed by atoms with Gasteiger partial charge >= 0.3 is 0 Å². The number of hydrogen-bond acceptors (Lipinski definition) is 4. The molecule has 0 radical (unpaired) electrons. The summed E-state index contributed by atoms with van der Waals surface area (Å²) in [5.41, 5.74) is 3.90. The number of anilines is 2. The first-order chi connectivity index (χ1) is 13.0. The van der Waals surface area contributed by atoms with Crippen molar-refractivity contribution < 1.29 is 9.50 Å². The van der Waals surface area contributed by atoms with Gasteiger partial charge in [0.05, 0.1) is 23.2 Å². The van der Waals surface area contributed by atoms with Crippen LogP contribution >= 0.6 is 0 Å². The first kappa shape index (κ1) is 17.8. The lowest BCUT2D eigenvalue weighted by atomic mass is 10.0. The number of nitrogens with one attached hydrogen (secondary N) is 1. The van der Waals surface area contributed by atoms with Crippen LogP contribution in [0.2, 0.25) is 0 Å². The largest absolute Gasteiger partial charge is 0.393 e. The molecule has 1 fully saturated rings. The van der Waals surface area contributed by atoms with Gasteiger partial charge in [-0.25, -0.2) is 9.37 Å². The second-order valence-corrected chi connectivity index (χ2v) is 7.27. The minimum absolute atomic E-state index is 0.113. The number of halogens is 1. The summed E-state index contributed by atoms with van der Waals surface area (Å²) in [6.07, 6.45) is 1.24. The summed E-state index contributed by atoms with van der Waals surface area (Å²) in [7, 11) is 1.98. The van der Waals surface area contributed by atoms with Gasteiger partial charge in [-0.1, -0.05) is 12.1 Å². The van der Waals surface area contributed by atoms with Crippen molar-refractivity contribution >= 4 is 22.7 Å². The van der Waals surface area contributed by atoms with Crippen LogP contribution in [0.3, 0.4) is 0 Å². The van der Waals surface area contributed by atoms with Crippen LogP contribution < -0.4 is 10.2 Å². The second kappa shape index (κ2) is 7.19. The Morgan fingerprint density at radius 1 is 1.19 bits per heavy atom. The third kappa shape index (κ3) is 3.49. The van der Waals surface area contributed by atoms with Crippen LogP contribution in [0.15, 0.2) is 42.5 Å². The van der Waals surface area contributed by atoms with Crippen molar-refractivity contribution in [2.75, 3.05) is 23.3 Å². The van der Waals surface area contributed by atoms with Crippen molar-refractivity contribution in [3.8, 4) is 0 Å². The summed E-state index contributed by atoms with van der Waals surface area (Å²) >= 11 is 0. The van der Waals surface area contributed by atoms with Gasteiger partial charge in [0.15, 0.2) is 0 Å². The molecule has 1 saturated heterocycles. The molecular formula is C21H25FN4O. The number of fused-ring (bicyclic) bond motifs is 1. The van der Waals surface area contributed by atoms with E-state index in [1.54, 1.807) is 6.07 Å². The molecule has 142 valence electrons. The van der Waals surface area contributed by atoms with E-state index in [1.165, 1.54) is 6.07 Å². The summed E-state index contributed by atoms with van der Waals surface area (Å²) in [6.45, 7) is 3.58. The summed E-state index contributed by atoms with van der Waals surface area (Å²) in [5, 5.41) is 13.2. The summed E-state index contributed by atoms with van der Waals surface area (Å²) in [6, 6.07) is 12.8. The minimum Gasteiger partial charge on any atom is -0.393 e. The second-order valence-electron chi connectivity index (χ2n) is 7.27. The Morgan fingerprint density at radius 3 is 2.67 bits per heavy atom. The fourth-order valence-electron chi connectivity index (χ4n) is 3.81. The highest BCUT2D eigenvalue weighted by atomic mass is 19.1. The quantitative estimate of drug-likeness (QED) is 0.735. The van der Waals surface area contributed by atoms with E-state index in [0.717, 1.165) is 54.2 Å². The molecule has 0 aliphatic carbocycles. The van der Waals surface area contributed by atoms with Gasteiger partial charge in [-0.15, -0.1) is 0 Å². The fourth-order valence-corrected chi connectivity index (χ4v) is 3.81. The number of para-hydroxylation sites is 2. The molecule has 3 aromatic rings. The molecule has 2 aromatic carbocycles. The fraction of sp³-hybridized carbons (Fsp3) is 0.381. The first-order valence-electron chi connectivity index (χ1n) is 9.43. The molecule has 27 heavy (non-hydrogen) atoms. The minimum atomic E-state index is -0.246. The predicted octanol–water partition coefficient (Wildman–Crippen LogP) is 3.85. The van der Waals surface area contributed by atoms with E-state index >= 15 is 0 Å². The smallest absolute Gasteiger partial charge is 0.204 e.